The molecule has 0 saturated carbocycles. The topological polar surface area (TPSA) is 17.0 Å². The Morgan fingerprint density at radius 3 is 2.89 bits per heavy atom. The van der Waals surface area contributed by atoms with E-state index in [1.165, 1.54) is 30.5 Å². The first-order valence-corrected chi connectivity index (χ1v) is 6.66. The van der Waals surface area contributed by atoms with Crippen LogP contribution in [0, 0.1) is 12.7 Å². The maximum atomic E-state index is 13.4. The van der Waals surface area contributed by atoms with E-state index in [1.54, 1.807) is 12.1 Å². The van der Waals surface area contributed by atoms with Gasteiger partial charge in [0, 0.05) is 29.7 Å². The van der Waals surface area contributed by atoms with E-state index in [0.717, 1.165) is 17.4 Å². The van der Waals surface area contributed by atoms with Gasteiger partial charge in [-0.3, -0.25) is 0 Å². The van der Waals surface area contributed by atoms with Gasteiger partial charge in [-0.05, 0) is 50.1 Å². The normalized spacial score (nSPS) is 20.5. The highest BCUT2D eigenvalue weighted by Crippen LogP contribution is 2.32. The minimum atomic E-state index is -0.153. The number of halogens is 1. The predicted octanol–water partition coefficient (Wildman–Crippen LogP) is 3.44. The summed E-state index contributed by atoms with van der Waals surface area (Å²) in [4.78, 5) is 0. The Morgan fingerprint density at radius 1 is 1.33 bits per heavy atom. The molecule has 1 N–H and O–H groups in total. The van der Waals surface area contributed by atoms with Gasteiger partial charge in [-0.1, -0.05) is 6.42 Å². The number of aromatic nitrogens is 1. The number of piperidine rings is 1. The number of nitrogens with one attached hydrogen (secondary N) is 1. The Bertz CT molecular complexity index is 580. The number of rotatable bonds is 1. The van der Waals surface area contributed by atoms with Crippen LogP contribution in [0.15, 0.2) is 18.2 Å². The van der Waals surface area contributed by atoms with E-state index in [-0.39, 0.29) is 5.82 Å². The van der Waals surface area contributed by atoms with Crippen molar-refractivity contribution in [2.24, 2.45) is 7.05 Å². The Labute approximate surface area is 107 Å². The number of aryl methyl sites for hydroxylation is 2. The summed E-state index contributed by atoms with van der Waals surface area (Å²) in [6.07, 6.45) is 3.70. The van der Waals surface area contributed by atoms with E-state index in [4.69, 9.17) is 0 Å². The molecule has 0 aliphatic carbocycles. The zero-order chi connectivity index (χ0) is 12.7. The molecule has 2 aromatic rings. The second-order valence-corrected chi connectivity index (χ2v) is 5.23. The lowest BCUT2D eigenvalue weighted by Crippen LogP contribution is -2.28. The highest BCUT2D eigenvalue weighted by molar-refractivity contribution is 5.85. The fourth-order valence-electron chi connectivity index (χ4n) is 3.20. The number of fused-ring (bicyclic) bond motifs is 1. The second-order valence-electron chi connectivity index (χ2n) is 5.23. The van der Waals surface area contributed by atoms with Crippen LogP contribution in [0.3, 0.4) is 0 Å². The third-order valence-electron chi connectivity index (χ3n) is 4.11. The minimum Gasteiger partial charge on any atom is -0.346 e. The van der Waals surface area contributed by atoms with Crippen LogP contribution >= 0.6 is 0 Å². The Morgan fingerprint density at radius 2 is 2.17 bits per heavy atom. The van der Waals surface area contributed by atoms with Crippen molar-refractivity contribution in [3.63, 3.8) is 0 Å². The monoisotopic (exact) mass is 246 g/mol. The molecule has 1 aliphatic rings. The van der Waals surface area contributed by atoms with Gasteiger partial charge in [0.25, 0.3) is 0 Å². The predicted molar refractivity (Wildman–Crippen MR) is 72.2 cm³/mol. The zero-order valence-electron chi connectivity index (χ0n) is 11.0. The quantitative estimate of drug-likeness (QED) is 0.815. The van der Waals surface area contributed by atoms with Gasteiger partial charge in [-0.15, -0.1) is 0 Å². The summed E-state index contributed by atoms with van der Waals surface area (Å²) in [5.74, 6) is -0.153. The van der Waals surface area contributed by atoms with Crippen molar-refractivity contribution < 1.29 is 4.39 Å². The average molecular weight is 246 g/mol. The summed E-state index contributed by atoms with van der Waals surface area (Å²) in [5.41, 5.74) is 3.65. The molecule has 2 nitrogen and oxygen atoms in total. The molecule has 0 bridgehead atoms. The number of hydrogen-bond acceptors (Lipinski definition) is 1. The molecule has 0 spiro atoms. The van der Waals surface area contributed by atoms with Crippen molar-refractivity contribution in [3.8, 4) is 0 Å². The summed E-state index contributed by atoms with van der Waals surface area (Å²) in [7, 11) is 2.08. The number of nitrogens with zero attached hydrogens (tertiary/aromatic N) is 1. The van der Waals surface area contributed by atoms with Gasteiger partial charge >= 0.3 is 0 Å². The smallest absolute Gasteiger partial charge is 0.123 e. The van der Waals surface area contributed by atoms with Crippen LogP contribution in [0.5, 0.6) is 0 Å². The summed E-state index contributed by atoms with van der Waals surface area (Å²) in [6.45, 7) is 3.19. The lowest BCUT2D eigenvalue weighted by Gasteiger charge is -2.25. The van der Waals surface area contributed by atoms with Crippen LogP contribution in [-0.2, 0) is 7.05 Å². The van der Waals surface area contributed by atoms with E-state index in [2.05, 4.69) is 23.9 Å². The molecule has 1 aliphatic heterocycles. The van der Waals surface area contributed by atoms with Crippen molar-refractivity contribution in [1.29, 1.82) is 0 Å². The molecule has 1 saturated heterocycles. The van der Waals surface area contributed by atoms with Crippen LogP contribution < -0.4 is 5.32 Å². The molecule has 0 radical (unpaired) electrons. The maximum absolute atomic E-state index is 13.4. The van der Waals surface area contributed by atoms with Gasteiger partial charge in [0.05, 0.1) is 0 Å². The Kier molecular flexibility index (Phi) is 2.86. The standard InChI is InChI=1S/C15H19FN2/c1-10-12-9-11(16)6-7-14(12)18(2)15(10)13-5-3-4-8-17-13/h6-7,9,13,17H,3-5,8H2,1-2H3. The van der Waals surface area contributed by atoms with Gasteiger partial charge in [-0.2, -0.15) is 0 Å². The van der Waals surface area contributed by atoms with E-state index in [0.29, 0.717) is 6.04 Å². The van der Waals surface area contributed by atoms with Gasteiger partial charge in [0.2, 0.25) is 0 Å². The molecular weight excluding hydrogens is 227 g/mol. The molecule has 3 rings (SSSR count). The van der Waals surface area contributed by atoms with E-state index in [1.807, 2.05) is 6.07 Å². The van der Waals surface area contributed by atoms with Crippen LogP contribution in [0.1, 0.15) is 36.6 Å². The summed E-state index contributed by atoms with van der Waals surface area (Å²) in [5, 5.41) is 4.62. The first-order valence-electron chi connectivity index (χ1n) is 6.66. The van der Waals surface area contributed by atoms with Crippen molar-refractivity contribution in [2.45, 2.75) is 32.2 Å². The fourth-order valence-corrected chi connectivity index (χ4v) is 3.20. The highest BCUT2D eigenvalue weighted by Gasteiger charge is 2.22. The lowest BCUT2D eigenvalue weighted by atomic mass is 9.99. The maximum Gasteiger partial charge on any atom is 0.123 e. The molecule has 1 aromatic carbocycles. The lowest BCUT2D eigenvalue weighted by molar-refractivity contribution is 0.398. The molecule has 1 fully saturated rings. The van der Waals surface area contributed by atoms with Crippen molar-refractivity contribution in [2.75, 3.05) is 6.54 Å². The molecule has 1 aromatic heterocycles. The minimum absolute atomic E-state index is 0.153. The molecule has 3 heteroatoms. The van der Waals surface area contributed by atoms with Gasteiger partial charge in [-0.25, -0.2) is 4.39 Å². The van der Waals surface area contributed by atoms with Crippen molar-refractivity contribution in [3.05, 3.63) is 35.3 Å². The molecular formula is C15H19FN2. The van der Waals surface area contributed by atoms with Crippen molar-refractivity contribution >= 4 is 10.9 Å². The first-order chi connectivity index (χ1) is 8.68. The Hall–Kier alpha value is -1.35. The summed E-state index contributed by atoms with van der Waals surface area (Å²) in [6, 6.07) is 5.49. The largest absolute Gasteiger partial charge is 0.346 e. The highest BCUT2D eigenvalue weighted by atomic mass is 19.1. The van der Waals surface area contributed by atoms with Gasteiger partial charge in [0.15, 0.2) is 0 Å². The Balaban J connectivity index is 2.16. The van der Waals surface area contributed by atoms with E-state index >= 15 is 0 Å². The second kappa shape index (κ2) is 4.39. The third-order valence-corrected chi connectivity index (χ3v) is 4.11. The van der Waals surface area contributed by atoms with E-state index in [9.17, 15) is 4.39 Å². The van der Waals surface area contributed by atoms with Crippen LogP contribution in [0.2, 0.25) is 0 Å². The van der Waals surface area contributed by atoms with Crippen molar-refractivity contribution in [1.82, 2.24) is 9.88 Å². The molecule has 1 atom stereocenters. The van der Waals surface area contributed by atoms with Crippen LogP contribution in [0.25, 0.3) is 10.9 Å². The molecule has 1 unspecified atom stereocenters. The zero-order valence-corrected chi connectivity index (χ0v) is 11.0. The molecule has 2 heterocycles. The van der Waals surface area contributed by atoms with Crippen LogP contribution in [-0.4, -0.2) is 11.1 Å². The van der Waals surface area contributed by atoms with Gasteiger partial charge in [0.1, 0.15) is 5.82 Å². The summed E-state index contributed by atoms with van der Waals surface area (Å²) < 4.78 is 15.6. The molecule has 96 valence electrons. The first kappa shape index (κ1) is 11.7. The molecule has 18 heavy (non-hydrogen) atoms. The number of hydrogen-bond donors (Lipinski definition) is 1. The summed E-state index contributed by atoms with van der Waals surface area (Å²) >= 11 is 0. The average Bonchev–Trinajstić information content (AvgIpc) is 2.63. The van der Waals surface area contributed by atoms with Crippen LogP contribution in [0.4, 0.5) is 4.39 Å². The van der Waals surface area contributed by atoms with Gasteiger partial charge < -0.3 is 9.88 Å². The fraction of sp³-hybridized carbons (Fsp3) is 0.467. The van der Waals surface area contributed by atoms with E-state index < -0.39 is 0 Å². The SMILES string of the molecule is Cc1c(C2CCCCN2)n(C)c2ccc(F)cc12. The molecule has 0 amide bonds. The number of benzene rings is 1. The third kappa shape index (κ3) is 1.74.